The Morgan fingerprint density at radius 3 is 2.26 bits per heavy atom. The van der Waals surface area contributed by atoms with Crippen LogP contribution >= 0.6 is 0 Å². The number of aryl methyl sites for hydroxylation is 3. The molecule has 2 N–H and O–H groups in total. The van der Waals surface area contributed by atoms with Gasteiger partial charge in [-0.15, -0.1) is 0 Å². The van der Waals surface area contributed by atoms with Crippen molar-refractivity contribution in [1.29, 1.82) is 0 Å². The molecule has 4 aromatic heterocycles. The summed E-state index contributed by atoms with van der Waals surface area (Å²) in [5.74, 6) is -1.02. The lowest BCUT2D eigenvalue weighted by Crippen LogP contribution is -2.21. The van der Waals surface area contributed by atoms with Crippen molar-refractivity contribution in [1.82, 2.24) is 39.1 Å². The maximum Gasteiger partial charge on any atom is 0.312 e. The van der Waals surface area contributed by atoms with Gasteiger partial charge in [0, 0.05) is 20.3 Å². The second kappa shape index (κ2) is 8.85. The Morgan fingerprint density at radius 1 is 0.971 bits per heavy atom. The fraction of sp³-hybridized carbons (Fsp3) is 0.300. The lowest BCUT2D eigenvalue weighted by atomic mass is 10.3. The first-order valence-corrected chi connectivity index (χ1v) is 10.4. The summed E-state index contributed by atoms with van der Waals surface area (Å²) in [5, 5.41) is 33.2. The molecule has 15 heteroatoms. The Kier molecular flexibility index (Phi) is 5.90. The van der Waals surface area contributed by atoms with E-state index in [4.69, 9.17) is 0 Å². The predicted octanol–water partition coefficient (Wildman–Crippen LogP) is 1.39. The summed E-state index contributed by atoms with van der Waals surface area (Å²) >= 11 is 0. The number of hydrogen-bond donors (Lipinski definition) is 2. The summed E-state index contributed by atoms with van der Waals surface area (Å²) in [7, 11) is 3.35. The predicted molar refractivity (Wildman–Crippen MR) is 123 cm³/mol. The fourth-order valence-corrected chi connectivity index (χ4v) is 3.58. The van der Waals surface area contributed by atoms with E-state index in [1.54, 1.807) is 38.8 Å². The molecule has 0 radical (unpaired) electrons. The maximum atomic E-state index is 12.9. The van der Waals surface area contributed by atoms with Crippen LogP contribution in [-0.2, 0) is 20.8 Å². The van der Waals surface area contributed by atoms with E-state index in [1.807, 2.05) is 6.92 Å². The number of nitrogens with one attached hydrogen (secondary N) is 2. The minimum Gasteiger partial charge on any atom is -0.318 e. The molecule has 2 amide bonds. The van der Waals surface area contributed by atoms with Crippen molar-refractivity contribution in [2.45, 2.75) is 27.4 Å². The van der Waals surface area contributed by atoms with Crippen LogP contribution in [0.4, 0.5) is 17.1 Å². The molecule has 4 heterocycles. The molecule has 0 atom stereocenters. The molecule has 0 aliphatic heterocycles. The van der Waals surface area contributed by atoms with Crippen molar-refractivity contribution < 1.29 is 14.5 Å². The van der Waals surface area contributed by atoms with Gasteiger partial charge in [-0.1, -0.05) is 0 Å². The van der Waals surface area contributed by atoms with Gasteiger partial charge in [-0.2, -0.15) is 20.4 Å². The van der Waals surface area contributed by atoms with Crippen molar-refractivity contribution in [3.8, 4) is 0 Å². The Morgan fingerprint density at radius 2 is 1.63 bits per heavy atom. The first-order chi connectivity index (χ1) is 16.6. The lowest BCUT2D eigenvalue weighted by Gasteiger charge is -2.08. The largest absolute Gasteiger partial charge is 0.318 e. The van der Waals surface area contributed by atoms with Crippen LogP contribution in [0.5, 0.6) is 0 Å². The molecule has 0 saturated heterocycles. The van der Waals surface area contributed by atoms with Gasteiger partial charge >= 0.3 is 5.69 Å². The lowest BCUT2D eigenvalue weighted by molar-refractivity contribution is -0.386. The van der Waals surface area contributed by atoms with Gasteiger partial charge < -0.3 is 10.6 Å². The molecular formula is C20H23N11O4. The summed E-state index contributed by atoms with van der Waals surface area (Å²) in [6, 6.07) is 1.49. The summed E-state index contributed by atoms with van der Waals surface area (Å²) in [4.78, 5) is 36.4. The van der Waals surface area contributed by atoms with Gasteiger partial charge in [0.2, 0.25) is 0 Å². The minimum absolute atomic E-state index is 0.0565. The Bertz CT molecular complexity index is 1460. The molecule has 15 nitrogen and oxygen atoms in total. The average Bonchev–Trinajstić information content (AvgIpc) is 3.54. The van der Waals surface area contributed by atoms with Gasteiger partial charge in [-0.3, -0.25) is 33.7 Å². The Labute approximate surface area is 198 Å². The zero-order chi connectivity index (χ0) is 25.4. The summed E-state index contributed by atoms with van der Waals surface area (Å²) in [6.45, 7) is 5.05. The Hall–Kier alpha value is -4.82. The summed E-state index contributed by atoms with van der Waals surface area (Å²) < 4.78 is 5.85. The first-order valence-electron chi connectivity index (χ1n) is 10.4. The third-order valence-corrected chi connectivity index (χ3v) is 5.56. The molecule has 0 aliphatic rings. The summed E-state index contributed by atoms with van der Waals surface area (Å²) in [5.41, 5.74) is 2.36. The molecule has 0 unspecified atom stereocenters. The molecule has 35 heavy (non-hydrogen) atoms. The fourth-order valence-electron chi connectivity index (χ4n) is 3.58. The molecule has 0 fully saturated rings. The van der Waals surface area contributed by atoms with Crippen LogP contribution in [-0.4, -0.2) is 55.9 Å². The van der Waals surface area contributed by atoms with Crippen LogP contribution in [0.1, 0.15) is 38.1 Å². The van der Waals surface area contributed by atoms with Gasteiger partial charge in [0.1, 0.15) is 23.8 Å². The number of nitro groups is 1. The smallest absolute Gasteiger partial charge is 0.312 e. The summed E-state index contributed by atoms with van der Waals surface area (Å²) in [6.07, 6.45) is 4.46. The molecule has 0 aliphatic carbocycles. The van der Waals surface area contributed by atoms with Crippen molar-refractivity contribution >= 4 is 28.9 Å². The van der Waals surface area contributed by atoms with Crippen molar-refractivity contribution in [3.63, 3.8) is 0 Å². The molecule has 182 valence electrons. The van der Waals surface area contributed by atoms with Crippen molar-refractivity contribution in [3.05, 3.63) is 63.2 Å². The highest BCUT2D eigenvalue weighted by Crippen LogP contribution is 2.22. The topological polar surface area (TPSA) is 173 Å². The number of amides is 2. The van der Waals surface area contributed by atoms with E-state index in [2.05, 4.69) is 31.0 Å². The van der Waals surface area contributed by atoms with E-state index in [0.717, 1.165) is 5.69 Å². The van der Waals surface area contributed by atoms with Gasteiger partial charge in [0.05, 0.1) is 34.4 Å². The average molecular weight is 481 g/mol. The quantitative estimate of drug-likeness (QED) is 0.294. The second-order valence-corrected chi connectivity index (χ2v) is 7.86. The molecule has 4 aromatic rings. The highest BCUT2D eigenvalue weighted by atomic mass is 16.6. The minimum atomic E-state index is -0.553. The van der Waals surface area contributed by atoms with Crippen LogP contribution in [0.25, 0.3) is 0 Å². The number of hydrogen-bond acceptors (Lipinski definition) is 8. The standard InChI is InChI=1S/C20H23N11O4/c1-11-17(31(34)35)13(3)30(25-11)10-29-7-6-14(26-29)19(32)24-16-9-22-28(5)18(16)20(33)23-15-8-21-27(4)12(15)2/h6-9H,10H2,1-5H3,(H,23,33)(H,24,32). The van der Waals surface area contributed by atoms with Gasteiger partial charge in [-0.05, 0) is 26.8 Å². The van der Waals surface area contributed by atoms with Crippen LogP contribution in [0.3, 0.4) is 0 Å². The van der Waals surface area contributed by atoms with Crippen LogP contribution in [0.2, 0.25) is 0 Å². The van der Waals surface area contributed by atoms with Crippen molar-refractivity contribution in [2.75, 3.05) is 10.6 Å². The maximum absolute atomic E-state index is 12.9. The van der Waals surface area contributed by atoms with Crippen molar-refractivity contribution in [2.24, 2.45) is 14.1 Å². The normalized spacial score (nSPS) is 11.0. The molecule has 0 bridgehead atoms. The third-order valence-electron chi connectivity index (χ3n) is 5.56. The number of rotatable bonds is 7. The monoisotopic (exact) mass is 481 g/mol. The van der Waals surface area contributed by atoms with E-state index in [9.17, 15) is 19.7 Å². The van der Waals surface area contributed by atoms with E-state index in [1.165, 1.54) is 32.5 Å². The number of carbonyl (C=O) groups excluding carboxylic acids is 2. The van der Waals surface area contributed by atoms with Crippen LogP contribution < -0.4 is 10.6 Å². The van der Waals surface area contributed by atoms with Gasteiger partial charge in [0.25, 0.3) is 11.8 Å². The van der Waals surface area contributed by atoms with E-state index in [0.29, 0.717) is 17.1 Å². The second-order valence-electron chi connectivity index (χ2n) is 7.86. The zero-order valence-corrected chi connectivity index (χ0v) is 19.7. The van der Waals surface area contributed by atoms with Crippen LogP contribution in [0, 0.1) is 30.9 Å². The molecular weight excluding hydrogens is 458 g/mol. The molecule has 0 aromatic carbocycles. The highest BCUT2D eigenvalue weighted by molar-refractivity contribution is 6.11. The number of nitrogens with zero attached hydrogens (tertiary/aromatic N) is 9. The van der Waals surface area contributed by atoms with E-state index < -0.39 is 16.7 Å². The Balaban J connectivity index is 1.49. The SMILES string of the molecule is Cc1nn(Cn2ccc(C(=O)Nc3cnn(C)c3C(=O)Nc3cnn(C)c3C)n2)c(C)c1[N+](=O)[O-]. The van der Waals surface area contributed by atoms with E-state index in [-0.39, 0.29) is 29.4 Å². The number of anilines is 2. The van der Waals surface area contributed by atoms with Gasteiger partial charge in [-0.25, -0.2) is 4.68 Å². The highest BCUT2D eigenvalue weighted by Gasteiger charge is 2.23. The van der Waals surface area contributed by atoms with Crippen LogP contribution in [0.15, 0.2) is 24.7 Å². The van der Waals surface area contributed by atoms with Gasteiger partial charge in [0.15, 0.2) is 5.69 Å². The molecule has 0 saturated carbocycles. The molecule has 0 spiro atoms. The first kappa shape index (κ1) is 23.3. The third kappa shape index (κ3) is 4.38. The zero-order valence-electron chi connectivity index (χ0n) is 19.7. The number of aromatic nitrogens is 8. The molecule has 4 rings (SSSR count). The van der Waals surface area contributed by atoms with E-state index >= 15 is 0 Å². The number of carbonyl (C=O) groups is 2.